The summed E-state index contributed by atoms with van der Waals surface area (Å²) in [5.41, 5.74) is 9.10. The largest absolute Gasteiger partial charge is 0.495 e. The van der Waals surface area contributed by atoms with Crippen molar-refractivity contribution in [2.75, 3.05) is 13.7 Å². The molecule has 0 saturated heterocycles. The van der Waals surface area contributed by atoms with Crippen molar-refractivity contribution >= 4 is 10.9 Å². The Morgan fingerprint density at radius 3 is 2.87 bits per heavy atom. The summed E-state index contributed by atoms with van der Waals surface area (Å²) in [5, 5.41) is 1.22. The molecule has 3 N–H and O–H groups in total. The summed E-state index contributed by atoms with van der Waals surface area (Å²) in [6, 6.07) is 4.20. The van der Waals surface area contributed by atoms with Gasteiger partial charge in [0, 0.05) is 11.6 Å². The molecule has 0 fully saturated rings. The van der Waals surface area contributed by atoms with Crippen LogP contribution in [0.15, 0.2) is 18.3 Å². The standard InChI is InChI=1S/C12H16N2O/c1-8-5-10-9(3-4-13)7-14-12(10)11(6-8)15-2/h5-7,14H,3-4,13H2,1-2H3. The molecule has 1 heterocycles. The van der Waals surface area contributed by atoms with Crippen LogP contribution in [-0.4, -0.2) is 18.6 Å². The lowest BCUT2D eigenvalue weighted by Gasteiger charge is -2.04. The minimum Gasteiger partial charge on any atom is -0.495 e. The lowest BCUT2D eigenvalue weighted by Crippen LogP contribution is -2.01. The first kappa shape index (κ1) is 10.1. The maximum absolute atomic E-state index is 5.57. The summed E-state index contributed by atoms with van der Waals surface area (Å²) in [7, 11) is 1.69. The van der Waals surface area contributed by atoms with Gasteiger partial charge in [0.1, 0.15) is 5.75 Å². The first-order chi connectivity index (χ1) is 7.26. The van der Waals surface area contributed by atoms with Crippen molar-refractivity contribution in [2.45, 2.75) is 13.3 Å². The number of aromatic nitrogens is 1. The highest BCUT2D eigenvalue weighted by atomic mass is 16.5. The third-order valence-electron chi connectivity index (χ3n) is 2.62. The number of nitrogens with one attached hydrogen (secondary N) is 1. The zero-order valence-electron chi connectivity index (χ0n) is 9.13. The third-order valence-corrected chi connectivity index (χ3v) is 2.62. The number of fused-ring (bicyclic) bond motifs is 1. The van der Waals surface area contributed by atoms with E-state index in [0.717, 1.165) is 17.7 Å². The molecular weight excluding hydrogens is 188 g/mol. The van der Waals surface area contributed by atoms with E-state index >= 15 is 0 Å². The van der Waals surface area contributed by atoms with Crippen molar-refractivity contribution in [2.24, 2.45) is 5.73 Å². The second kappa shape index (κ2) is 3.95. The van der Waals surface area contributed by atoms with E-state index in [1.165, 1.54) is 16.5 Å². The summed E-state index contributed by atoms with van der Waals surface area (Å²) in [4.78, 5) is 3.24. The average molecular weight is 204 g/mol. The molecule has 1 aromatic heterocycles. The van der Waals surface area contributed by atoms with E-state index in [4.69, 9.17) is 10.5 Å². The topological polar surface area (TPSA) is 51.0 Å². The molecule has 0 bridgehead atoms. The Balaban J connectivity index is 2.64. The number of hydrogen-bond donors (Lipinski definition) is 2. The summed E-state index contributed by atoms with van der Waals surface area (Å²) in [6.45, 7) is 2.74. The lowest BCUT2D eigenvalue weighted by molar-refractivity contribution is 0.418. The molecular formula is C12H16N2O. The van der Waals surface area contributed by atoms with Crippen LogP contribution < -0.4 is 10.5 Å². The number of benzene rings is 1. The van der Waals surface area contributed by atoms with E-state index in [-0.39, 0.29) is 0 Å². The normalized spacial score (nSPS) is 10.9. The van der Waals surface area contributed by atoms with Gasteiger partial charge in [-0.2, -0.15) is 0 Å². The molecule has 3 nitrogen and oxygen atoms in total. The van der Waals surface area contributed by atoms with Crippen LogP contribution in [0.25, 0.3) is 10.9 Å². The van der Waals surface area contributed by atoms with Crippen LogP contribution in [0.3, 0.4) is 0 Å². The molecule has 0 amide bonds. The molecule has 3 heteroatoms. The molecule has 0 aliphatic heterocycles. The molecule has 0 saturated carbocycles. The van der Waals surface area contributed by atoms with Crippen LogP contribution in [0.4, 0.5) is 0 Å². The number of ether oxygens (including phenoxy) is 1. The average Bonchev–Trinajstić information content (AvgIpc) is 2.61. The molecule has 80 valence electrons. The quantitative estimate of drug-likeness (QED) is 0.803. The Kier molecular flexibility index (Phi) is 2.64. The number of aromatic amines is 1. The zero-order chi connectivity index (χ0) is 10.8. The van der Waals surface area contributed by atoms with Gasteiger partial charge < -0.3 is 15.5 Å². The summed E-state index contributed by atoms with van der Waals surface area (Å²) in [6.07, 6.45) is 2.91. The minimum atomic E-state index is 0.670. The van der Waals surface area contributed by atoms with Crippen molar-refractivity contribution in [3.63, 3.8) is 0 Å². The second-order valence-electron chi connectivity index (χ2n) is 3.74. The number of H-pyrrole nitrogens is 1. The van der Waals surface area contributed by atoms with Gasteiger partial charge in [0.15, 0.2) is 0 Å². The van der Waals surface area contributed by atoms with Gasteiger partial charge in [-0.25, -0.2) is 0 Å². The predicted octanol–water partition coefficient (Wildman–Crippen LogP) is 1.99. The fourth-order valence-corrected chi connectivity index (χ4v) is 1.92. The number of methoxy groups -OCH3 is 1. The SMILES string of the molecule is COc1cc(C)cc2c(CCN)c[nH]c12. The van der Waals surface area contributed by atoms with Gasteiger partial charge in [0.05, 0.1) is 12.6 Å². The Bertz CT molecular complexity index is 474. The molecule has 1 aromatic carbocycles. The fourth-order valence-electron chi connectivity index (χ4n) is 1.92. The van der Waals surface area contributed by atoms with Crippen LogP contribution in [-0.2, 0) is 6.42 Å². The van der Waals surface area contributed by atoms with Crippen molar-refractivity contribution in [1.82, 2.24) is 4.98 Å². The van der Waals surface area contributed by atoms with E-state index in [2.05, 4.69) is 18.0 Å². The van der Waals surface area contributed by atoms with Gasteiger partial charge in [-0.1, -0.05) is 0 Å². The molecule has 0 spiro atoms. The molecule has 0 atom stereocenters. The smallest absolute Gasteiger partial charge is 0.143 e. The fraction of sp³-hybridized carbons (Fsp3) is 0.333. The summed E-state index contributed by atoms with van der Waals surface area (Å²) < 4.78 is 5.34. The van der Waals surface area contributed by atoms with E-state index < -0.39 is 0 Å². The van der Waals surface area contributed by atoms with E-state index in [9.17, 15) is 0 Å². The van der Waals surface area contributed by atoms with E-state index in [1.54, 1.807) is 7.11 Å². The summed E-state index contributed by atoms with van der Waals surface area (Å²) >= 11 is 0. The van der Waals surface area contributed by atoms with Crippen molar-refractivity contribution in [3.05, 3.63) is 29.5 Å². The van der Waals surface area contributed by atoms with Crippen molar-refractivity contribution in [1.29, 1.82) is 0 Å². The van der Waals surface area contributed by atoms with Crippen LogP contribution in [0.2, 0.25) is 0 Å². The van der Waals surface area contributed by atoms with Gasteiger partial charge in [-0.3, -0.25) is 0 Å². The van der Waals surface area contributed by atoms with Gasteiger partial charge in [-0.15, -0.1) is 0 Å². The Morgan fingerprint density at radius 1 is 1.40 bits per heavy atom. The molecule has 0 unspecified atom stereocenters. The molecule has 0 radical (unpaired) electrons. The minimum absolute atomic E-state index is 0.670. The number of nitrogens with two attached hydrogens (primary N) is 1. The van der Waals surface area contributed by atoms with Crippen LogP contribution >= 0.6 is 0 Å². The molecule has 2 rings (SSSR count). The molecule has 0 aliphatic rings. The van der Waals surface area contributed by atoms with Crippen LogP contribution in [0, 0.1) is 6.92 Å². The Labute approximate surface area is 89.2 Å². The lowest BCUT2D eigenvalue weighted by atomic mass is 10.1. The number of aryl methyl sites for hydroxylation is 1. The van der Waals surface area contributed by atoms with Gasteiger partial charge in [-0.05, 0) is 43.1 Å². The van der Waals surface area contributed by atoms with Crippen LogP contribution in [0.1, 0.15) is 11.1 Å². The molecule has 2 aromatic rings. The van der Waals surface area contributed by atoms with Gasteiger partial charge in [0.25, 0.3) is 0 Å². The van der Waals surface area contributed by atoms with Crippen molar-refractivity contribution in [3.8, 4) is 5.75 Å². The number of hydrogen-bond acceptors (Lipinski definition) is 2. The monoisotopic (exact) mass is 204 g/mol. The Morgan fingerprint density at radius 2 is 2.20 bits per heavy atom. The van der Waals surface area contributed by atoms with E-state index in [0.29, 0.717) is 6.54 Å². The zero-order valence-corrected chi connectivity index (χ0v) is 9.13. The molecule has 0 aliphatic carbocycles. The Hall–Kier alpha value is -1.48. The maximum atomic E-state index is 5.57. The predicted molar refractivity (Wildman–Crippen MR) is 62.3 cm³/mol. The molecule has 15 heavy (non-hydrogen) atoms. The van der Waals surface area contributed by atoms with Crippen LogP contribution in [0.5, 0.6) is 5.75 Å². The number of rotatable bonds is 3. The first-order valence-corrected chi connectivity index (χ1v) is 5.11. The summed E-state index contributed by atoms with van der Waals surface area (Å²) in [5.74, 6) is 0.897. The highest BCUT2D eigenvalue weighted by molar-refractivity contribution is 5.89. The van der Waals surface area contributed by atoms with Gasteiger partial charge >= 0.3 is 0 Å². The highest BCUT2D eigenvalue weighted by Gasteiger charge is 2.08. The van der Waals surface area contributed by atoms with Crippen molar-refractivity contribution < 1.29 is 4.74 Å². The van der Waals surface area contributed by atoms with Gasteiger partial charge in [0.2, 0.25) is 0 Å². The second-order valence-corrected chi connectivity index (χ2v) is 3.74. The first-order valence-electron chi connectivity index (χ1n) is 5.11. The van der Waals surface area contributed by atoms with E-state index in [1.807, 2.05) is 12.3 Å². The maximum Gasteiger partial charge on any atom is 0.143 e. The third kappa shape index (κ3) is 1.70. The highest BCUT2D eigenvalue weighted by Crippen LogP contribution is 2.28.